The van der Waals surface area contributed by atoms with Gasteiger partial charge in [-0.1, -0.05) is 48.5 Å². The average Bonchev–Trinajstić information content (AvgIpc) is 3.38. The zero-order valence-electron chi connectivity index (χ0n) is 18.8. The third-order valence-electron chi connectivity index (χ3n) is 6.39. The lowest BCUT2D eigenvalue weighted by molar-refractivity contribution is -0.149. The molecule has 180 valence electrons. The molecule has 0 spiro atoms. The lowest BCUT2D eigenvalue weighted by atomic mass is 9.98. The molecule has 34 heavy (non-hydrogen) atoms. The first-order valence-corrected chi connectivity index (χ1v) is 12.6. The zero-order valence-corrected chi connectivity index (χ0v) is 19.7. The first-order chi connectivity index (χ1) is 16.4. The molecule has 9 heteroatoms. The number of fused-ring (bicyclic) bond motifs is 3. The van der Waals surface area contributed by atoms with Crippen LogP contribution in [0.2, 0.25) is 0 Å². The van der Waals surface area contributed by atoms with Crippen molar-refractivity contribution < 1.29 is 29.3 Å². The number of amides is 2. The number of benzene rings is 2. The van der Waals surface area contributed by atoms with Crippen molar-refractivity contribution in [3.8, 4) is 11.1 Å². The molecule has 4 rings (SSSR count). The van der Waals surface area contributed by atoms with Gasteiger partial charge in [0.25, 0.3) is 0 Å². The first kappa shape index (κ1) is 24.1. The second kappa shape index (κ2) is 10.5. The maximum absolute atomic E-state index is 13.1. The summed E-state index contributed by atoms with van der Waals surface area (Å²) in [6.07, 6.45) is 0.549. The topological polar surface area (TPSA) is 116 Å². The standard InChI is InChI=1S/C25H28N2O6S/c1-34-11-10-21(23(29)27-13-15(28)12-22(27)24(30)31)26-25(32)33-14-20-18-8-4-2-6-16(18)17-7-3-5-9-19(17)20/h2-9,15,20-22,28H,10-14H2,1H3,(H,26,32)(H,30,31)/t15-,21?,22-/m0/s1. The van der Waals surface area contributed by atoms with Gasteiger partial charge in [0.05, 0.1) is 6.10 Å². The van der Waals surface area contributed by atoms with Crippen molar-refractivity contribution in [2.45, 2.75) is 36.9 Å². The number of ether oxygens (including phenoxy) is 1. The number of rotatable bonds is 8. The fourth-order valence-corrected chi connectivity index (χ4v) is 5.24. The molecule has 2 aliphatic rings. The molecule has 1 aliphatic heterocycles. The van der Waals surface area contributed by atoms with E-state index in [4.69, 9.17) is 4.74 Å². The normalized spacial score (nSPS) is 19.9. The van der Waals surface area contributed by atoms with Gasteiger partial charge in [-0.3, -0.25) is 4.79 Å². The van der Waals surface area contributed by atoms with Gasteiger partial charge >= 0.3 is 12.1 Å². The molecule has 2 aromatic rings. The molecule has 1 heterocycles. The number of hydrogen-bond acceptors (Lipinski definition) is 6. The van der Waals surface area contributed by atoms with Gasteiger partial charge < -0.3 is 25.2 Å². The number of carboxylic acid groups (broad SMARTS) is 1. The summed E-state index contributed by atoms with van der Waals surface area (Å²) >= 11 is 1.51. The van der Waals surface area contributed by atoms with Crippen LogP contribution in [-0.2, 0) is 14.3 Å². The molecule has 0 saturated carbocycles. The number of carboxylic acids is 1. The molecule has 1 aliphatic carbocycles. The molecule has 1 unspecified atom stereocenters. The monoisotopic (exact) mass is 484 g/mol. The molecule has 2 amide bonds. The maximum Gasteiger partial charge on any atom is 0.407 e. The molecule has 0 aromatic heterocycles. The van der Waals surface area contributed by atoms with Crippen LogP contribution in [0.25, 0.3) is 11.1 Å². The van der Waals surface area contributed by atoms with Gasteiger partial charge in [0.15, 0.2) is 0 Å². The smallest absolute Gasteiger partial charge is 0.407 e. The number of alkyl carbamates (subject to hydrolysis) is 1. The maximum atomic E-state index is 13.1. The highest BCUT2D eigenvalue weighted by Gasteiger charge is 2.41. The molecule has 3 atom stereocenters. The van der Waals surface area contributed by atoms with E-state index in [9.17, 15) is 24.6 Å². The number of β-amino-alcohol motifs (C(OH)–C–C–N with tert-alkyl or cyclic N) is 1. The first-order valence-electron chi connectivity index (χ1n) is 11.2. The Bertz CT molecular complexity index is 1030. The van der Waals surface area contributed by atoms with E-state index in [1.165, 1.54) is 11.8 Å². The predicted octanol–water partition coefficient (Wildman–Crippen LogP) is 2.69. The van der Waals surface area contributed by atoms with Gasteiger partial charge in [-0.2, -0.15) is 11.8 Å². The Morgan fingerprint density at radius 1 is 1.12 bits per heavy atom. The van der Waals surface area contributed by atoms with Crippen molar-refractivity contribution in [3.05, 3.63) is 59.7 Å². The Balaban J connectivity index is 1.44. The minimum Gasteiger partial charge on any atom is -0.480 e. The molecule has 0 radical (unpaired) electrons. The molecule has 1 saturated heterocycles. The van der Waals surface area contributed by atoms with Crippen LogP contribution in [0, 0.1) is 0 Å². The predicted molar refractivity (Wildman–Crippen MR) is 129 cm³/mol. The van der Waals surface area contributed by atoms with Crippen molar-refractivity contribution in [1.29, 1.82) is 0 Å². The number of hydrogen-bond donors (Lipinski definition) is 3. The van der Waals surface area contributed by atoms with Crippen molar-refractivity contribution in [2.24, 2.45) is 0 Å². The van der Waals surface area contributed by atoms with E-state index >= 15 is 0 Å². The van der Waals surface area contributed by atoms with Crippen LogP contribution in [0.15, 0.2) is 48.5 Å². The highest BCUT2D eigenvalue weighted by Crippen LogP contribution is 2.44. The Labute approximate surface area is 202 Å². The highest BCUT2D eigenvalue weighted by molar-refractivity contribution is 7.98. The van der Waals surface area contributed by atoms with E-state index in [1.807, 2.05) is 42.7 Å². The number of likely N-dealkylation sites (tertiary alicyclic amines) is 1. The van der Waals surface area contributed by atoms with Gasteiger partial charge in [-0.15, -0.1) is 0 Å². The third-order valence-corrected chi connectivity index (χ3v) is 7.04. The van der Waals surface area contributed by atoms with E-state index < -0.39 is 36.2 Å². The van der Waals surface area contributed by atoms with Crippen LogP contribution in [0.4, 0.5) is 4.79 Å². The van der Waals surface area contributed by atoms with Crippen molar-refractivity contribution in [2.75, 3.05) is 25.2 Å². The van der Waals surface area contributed by atoms with Crippen LogP contribution >= 0.6 is 11.8 Å². The zero-order chi connectivity index (χ0) is 24.2. The molecule has 2 aromatic carbocycles. The highest BCUT2D eigenvalue weighted by atomic mass is 32.2. The summed E-state index contributed by atoms with van der Waals surface area (Å²) in [5, 5.41) is 22.0. The van der Waals surface area contributed by atoms with Crippen LogP contribution in [0.5, 0.6) is 0 Å². The number of thioether (sulfide) groups is 1. The summed E-state index contributed by atoms with van der Waals surface area (Å²) in [6, 6.07) is 14.0. The van der Waals surface area contributed by atoms with E-state index in [0.717, 1.165) is 27.2 Å². The number of carbonyl (C=O) groups excluding carboxylic acids is 2. The number of aliphatic hydroxyl groups is 1. The second-order valence-electron chi connectivity index (χ2n) is 8.54. The SMILES string of the molecule is CSCCC(NC(=O)OCC1c2ccccc2-c2ccccc21)C(=O)N1C[C@@H](O)C[C@H]1C(=O)O. The van der Waals surface area contributed by atoms with Crippen LogP contribution in [0.1, 0.15) is 29.9 Å². The number of nitrogens with zero attached hydrogens (tertiary/aromatic N) is 1. The average molecular weight is 485 g/mol. The van der Waals surface area contributed by atoms with E-state index in [1.54, 1.807) is 0 Å². The Hall–Kier alpha value is -3.04. The van der Waals surface area contributed by atoms with Crippen LogP contribution in [-0.4, -0.2) is 76.4 Å². The van der Waals surface area contributed by atoms with Gasteiger partial charge in [-0.05, 0) is 40.7 Å². The van der Waals surface area contributed by atoms with Gasteiger partial charge in [0, 0.05) is 18.9 Å². The summed E-state index contributed by atoms with van der Waals surface area (Å²) in [6.45, 7) is 0.0431. The fraction of sp³-hybridized carbons (Fsp3) is 0.400. The molecule has 1 fully saturated rings. The van der Waals surface area contributed by atoms with Gasteiger partial charge in [0.1, 0.15) is 18.7 Å². The van der Waals surface area contributed by atoms with Gasteiger partial charge in [0.2, 0.25) is 5.91 Å². The summed E-state index contributed by atoms with van der Waals surface area (Å²) in [5.41, 5.74) is 4.41. The van der Waals surface area contributed by atoms with E-state index in [-0.39, 0.29) is 25.5 Å². The van der Waals surface area contributed by atoms with Crippen LogP contribution in [0.3, 0.4) is 0 Å². The number of aliphatic hydroxyl groups excluding tert-OH is 1. The van der Waals surface area contributed by atoms with Crippen molar-refractivity contribution >= 4 is 29.7 Å². The number of aliphatic carboxylic acids is 1. The quantitative estimate of drug-likeness (QED) is 0.528. The fourth-order valence-electron chi connectivity index (χ4n) is 4.77. The Morgan fingerprint density at radius 3 is 2.32 bits per heavy atom. The van der Waals surface area contributed by atoms with Crippen LogP contribution < -0.4 is 5.32 Å². The molecule has 3 N–H and O–H groups in total. The second-order valence-corrected chi connectivity index (χ2v) is 9.52. The number of nitrogens with one attached hydrogen (secondary N) is 1. The molecule has 0 bridgehead atoms. The summed E-state index contributed by atoms with van der Waals surface area (Å²) in [4.78, 5) is 38.5. The largest absolute Gasteiger partial charge is 0.480 e. The van der Waals surface area contributed by atoms with Gasteiger partial charge in [-0.25, -0.2) is 9.59 Å². The minimum atomic E-state index is -1.17. The molecule has 8 nitrogen and oxygen atoms in total. The molecular weight excluding hydrogens is 456 g/mol. The van der Waals surface area contributed by atoms with Crippen molar-refractivity contribution in [1.82, 2.24) is 10.2 Å². The minimum absolute atomic E-state index is 0.0265. The summed E-state index contributed by atoms with van der Waals surface area (Å²) < 4.78 is 5.57. The third kappa shape index (κ3) is 4.90. The van der Waals surface area contributed by atoms with E-state index in [0.29, 0.717) is 12.2 Å². The summed E-state index contributed by atoms with van der Waals surface area (Å²) in [5.74, 6) is -1.21. The number of carbonyl (C=O) groups is 3. The van der Waals surface area contributed by atoms with Crippen molar-refractivity contribution in [3.63, 3.8) is 0 Å². The lowest BCUT2D eigenvalue weighted by Gasteiger charge is -2.27. The summed E-state index contributed by atoms with van der Waals surface area (Å²) in [7, 11) is 0. The lowest BCUT2D eigenvalue weighted by Crippen LogP contribution is -2.52. The Kier molecular flexibility index (Phi) is 7.43. The molecular formula is C25H28N2O6S. The Morgan fingerprint density at radius 2 is 1.74 bits per heavy atom. The van der Waals surface area contributed by atoms with E-state index in [2.05, 4.69) is 17.4 Å².